The minimum atomic E-state index is -1.48. The molecule has 0 spiro atoms. The Labute approximate surface area is 116 Å². The van der Waals surface area contributed by atoms with Crippen molar-refractivity contribution in [2.45, 2.75) is 5.54 Å². The van der Waals surface area contributed by atoms with E-state index in [1.807, 2.05) is 0 Å². The molecule has 0 saturated heterocycles. The maximum absolute atomic E-state index is 12.1. The van der Waals surface area contributed by atoms with Gasteiger partial charge in [0.15, 0.2) is 0 Å². The molecule has 0 heterocycles. The summed E-state index contributed by atoms with van der Waals surface area (Å²) in [6, 6.07) is 4.57. The molecule has 0 unspecified atom stereocenters. The first-order chi connectivity index (χ1) is 9.53. The number of rotatable bonds is 7. The monoisotopic (exact) mass is 285 g/mol. The van der Waals surface area contributed by atoms with E-state index in [0.717, 1.165) is 0 Å². The van der Waals surface area contributed by atoms with Crippen LogP contribution in [0.25, 0.3) is 0 Å². The number of hydrogen-bond acceptors (Lipinski definition) is 6. The number of carbonyl (C=O) groups is 1. The fourth-order valence-corrected chi connectivity index (χ4v) is 1.52. The Morgan fingerprint density at radius 2 is 1.50 bits per heavy atom. The molecule has 0 aliphatic heterocycles. The van der Waals surface area contributed by atoms with Gasteiger partial charge in [-0.25, -0.2) is 0 Å². The highest BCUT2D eigenvalue weighted by Gasteiger charge is 2.30. The molecular formula is C13H19NO6. The molecular weight excluding hydrogens is 266 g/mol. The van der Waals surface area contributed by atoms with E-state index in [9.17, 15) is 20.1 Å². The Morgan fingerprint density at radius 3 is 1.85 bits per heavy atom. The second-order valence-electron chi connectivity index (χ2n) is 4.31. The first kappa shape index (κ1) is 16.2. The lowest BCUT2D eigenvalue weighted by atomic mass is 10.0. The Morgan fingerprint density at radius 1 is 1.05 bits per heavy atom. The standard InChI is InChI=1S/C13H19NO6/c1-19-10-3-9(4-11(5-10)20-2)12(18)14-13(6-15,7-16)8-17/h3-5,15-17H,6-8H2,1-2H3,(H,14,18). The predicted octanol–water partition coefficient (Wildman–Crippen LogP) is -0.851. The molecule has 1 rings (SSSR count). The number of methoxy groups -OCH3 is 2. The molecule has 7 heteroatoms. The van der Waals surface area contributed by atoms with Crippen LogP contribution in [0.2, 0.25) is 0 Å². The molecule has 1 amide bonds. The van der Waals surface area contributed by atoms with E-state index in [2.05, 4.69) is 5.32 Å². The summed E-state index contributed by atoms with van der Waals surface area (Å²) < 4.78 is 10.1. The number of aliphatic hydroxyl groups is 3. The summed E-state index contributed by atoms with van der Waals surface area (Å²) in [7, 11) is 2.91. The van der Waals surface area contributed by atoms with E-state index < -0.39 is 31.3 Å². The Kier molecular flexibility index (Phi) is 5.75. The highest BCUT2D eigenvalue weighted by Crippen LogP contribution is 2.22. The highest BCUT2D eigenvalue weighted by atomic mass is 16.5. The van der Waals surface area contributed by atoms with Gasteiger partial charge in [-0.2, -0.15) is 0 Å². The van der Waals surface area contributed by atoms with Gasteiger partial charge in [-0.05, 0) is 12.1 Å². The topological polar surface area (TPSA) is 108 Å². The summed E-state index contributed by atoms with van der Waals surface area (Å²) in [5, 5.41) is 30.0. The van der Waals surface area contributed by atoms with Crippen molar-refractivity contribution < 1.29 is 29.6 Å². The summed E-state index contributed by atoms with van der Waals surface area (Å²) in [5.41, 5.74) is -1.26. The zero-order chi connectivity index (χ0) is 15.2. The molecule has 0 fully saturated rings. The maximum atomic E-state index is 12.1. The van der Waals surface area contributed by atoms with Crippen molar-refractivity contribution in [3.63, 3.8) is 0 Å². The van der Waals surface area contributed by atoms with Gasteiger partial charge < -0.3 is 30.1 Å². The average Bonchev–Trinajstić information content (AvgIpc) is 2.51. The van der Waals surface area contributed by atoms with Crippen molar-refractivity contribution >= 4 is 5.91 Å². The minimum absolute atomic E-state index is 0.223. The van der Waals surface area contributed by atoms with Crippen LogP contribution in [0.15, 0.2) is 18.2 Å². The number of amides is 1. The molecule has 0 aliphatic carbocycles. The minimum Gasteiger partial charge on any atom is -0.497 e. The summed E-state index contributed by atoms with van der Waals surface area (Å²) >= 11 is 0. The normalized spacial score (nSPS) is 11.1. The van der Waals surface area contributed by atoms with Crippen LogP contribution in [0, 0.1) is 0 Å². The van der Waals surface area contributed by atoms with Gasteiger partial charge in [-0.1, -0.05) is 0 Å². The van der Waals surface area contributed by atoms with Crippen molar-refractivity contribution in [3.05, 3.63) is 23.8 Å². The van der Waals surface area contributed by atoms with Crippen LogP contribution in [0.5, 0.6) is 11.5 Å². The van der Waals surface area contributed by atoms with Crippen molar-refractivity contribution in [3.8, 4) is 11.5 Å². The number of hydrogen-bond donors (Lipinski definition) is 4. The summed E-state index contributed by atoms with van der Waals surface area (Å²) in [5.74, 6) is 0.286. The van der Waals surface area contributed by atoms with Gasteiger partial charge in [0, 0.05) is 11.6 Å². The van der Waals surface area contributed by atoms with E-state index in [1.165, 1.54) is 26.4 Å². The molecule has 0 bridgehead atoms. The van der Waals surface area contributed by atoms with Crippen LogP contribution >= 0.6 is 0 Å². The van der Waals surface area contributed by atoms with Crippen molar-refractivity contribution in [1.82, 2.24) is 5.32 Å². The second-order valence-corrected chi connectivity index (χ2v) is 4.31. The fraction of sp³-hybridized carbons (Fsp3) is 0.462. The largest absolute Gasteiger partial charge is 0.497 e. The smallest absolute Gasteiger partial charge is 0.252 e. The van der Waals surface area contributed by atoms with Crippen molar-refractivity contribution in [2.24, 2.45) is 0 Å². The maximum Gasteiger partial charge on any atom is 0.252 e. The molecule has 0 aromatic heterocycles. The number of nitrogens with one attached hydrogen (secondary N) is 1. The summed E-state index contributed by atoms with van der Waals surface area (Å²) in [6.07, 6.45) is 0. The predicted molar refractivity (Wildman–Crippen MR) is 71.0 cm³/mol. The first-order valence-corrected chi connectivity index (χ1v) is 5.92. The van der Waals surface area contributed by atoms with E-state index in [1.54, 1.807) is 6.07 Å². The van der Waals surface area contributed by atoms with Gasteiger partial charge >= 0.3 is 0 Å². The number of ether oxygens (including phenoxy) is 2. The Bertz CT molecular complexity index is 428. The lowest BCUT2D eigenvalue weighted by Crippen LogP contribution is -2.57. The zero-order valence-corrected chi connectivity index (χ0v) is 11.4. The van der Waals surface area contributed by atoms with Crippen LogP contribution in [-0.4, -0.2) is 60.8 Å². The third-order valence-electron chi connectivity index (χ3n) is 2.90. The van der Waals surface area contributed by atoms with E-state index in [4.69, 9.17) is 9.47 Å². The lowest BCUT2D eigenvalue weighted by Gasteiger charge is -2.28. The quantitative estimate of drug-likeness (QED) is 0.520. The summed E-state index contributed by atoms with van der Waals surface area (Å²) in [4.78, 5) is 12.1. The molecule has 0 radical (unpaired) electrons. The van der Waals surface area contributed by atoms with Gasteiger partial charge in [0.1, 0.15) is 17.0 Å². The molecule has 4 N–H and O–H groups in total. The lowest BCUT2D eigenvalue weighted by molar-refractivity contribution is 0.0375. The number of benzene rings is 1. The molecule has 1 aromatic rings. The number of carbonyl (C=O) groups excluding carboxylic acids is 1. The van der Waals surface area contributed by atoms with Crippen LogP contribution in [0.1, 0.15) is 10.4 Å². The Balaban J connectivity index is 3.02. The molecule has 0 aliphatic rings. The van der Waals surface area contributed by atoms with E-state index >= 15 is 0 Å². The van der Waals surface area contributed by atoms with E-state index in [-0.39, 0.29) is 5.56 Å². The fourth-order valence-electron chi connectivity index (χ4n) is 1.52. The van der Waals surface area contributed by atoms with Crippen molar-refractivity contribution in [1.29, 1.82) is 0 Å². The van der Waals surface area contributed by atoms with Crippen LogP contribution in [0.4, 0.5) is 0 Å². The van der Waals surface area contributed by atoms with Gasteiger partial charge in [-0.15, -0.1) is 0 Å². The van der Waals surface area contributed by atoms with Gasteiger partial charge in [0.05, 0.1) is 34.0 Å². The van der Waals surface area contributed by atoms with Gasteiger partial charge in [0.2, 0.25) is 0 Å². The molecule has 7 nitrogen and oxygen atoms in total. The second kappa shape index (κ2) is 7.09. The molecule has 0 saturated carbocycles. The molecule has 20 heavy (non-hydrogen) atoms. The van der Waals surface area contributed by atoms with E-state index in [0.29, 0.717) is 11.5 Å². The van der Waals surface area contributed by atoms with Crippen LogP contribution in [-0.2, 0) is 0 Å². The first-order valence-electron chi connectivity index (χ1n) is 5.92. The molecule has 1 aromatic carbocycles. The highest BCUT2D eigenvalue weighted by molar-refractivity contribution is 5.95. The molecule has 0 atom stereocenters. The van der Waals surface area contributed by atoms with Crippen LogP contribution < -0.4 is 14.8 Å². The zero-order valence-electron chi connectivity index (χ0n) is 11.4. The summed E-state index contributed by atoms with van der Waals surface area (Å²) in [6.45, 7) is -1.77. The van der Waals surface area contributed by atoms with Crippen molar-refractivity contribution in [2.75, 3.05) is 34.0 Å². The third kappa shape index (κ3) is 3.60. The number of aliphatic hydroxyl groups excluding tert-OH is 3. The third-order valence-corrected chi connectivity index (χ3v) is 2.90. The SMILES string of the molecule is COc1cc(OC)cc(C(=O)NC(CO)(CO)CO)c1. The molecule has 112 valence electrons. The Hall–Kier alpha value is -1.83. The van der Waals surface area contributed by atoms with Gasteiger partial charge in [0.25, 0.3) is 5.91 Å². The van der Waals surface area contributed by atoms with Gasteiger partial charge in [-0.3, -0.25) is 4.79 Å². The average molecular weight is 285 g/mol. The van der Waals surface area contributed by atoms with Crippen LogP contribution in [0.3, 0.4) is 0 Å².